The summed E-state index contributed by atoms with van der Waals surface area (Å²) >= 11 is 0. The van der Waals surface area contributed by atoms with E-state index in [9.17, 15) is 9.59 Å². The topological polar surface area (TPSA) is 43.4 Å². The van der Waals surface area contributed by atoms with Crippen molar-refractivity contribution >= 4 is 12.3 Å². The average Bonchev–Trinajstić information content (AvgIpc) is 2.60. The van der Waals surface area contributed by atoms with Gasteiger partial charge in [0.2, 0.25) is 0 Å². The van der Waals surface area contributed by atoms with Crippen molar-refractivity contribution < 1.29 is 14.3 Å². The van der Waals surface area contributed by atoms with Crippen LogP contribution in [0.25, 0.3) is 0 Å². The fraction of sp³-hybridized carbons (Fsp3) is 0.300. The molecule has 2 aromatic rings. The number of rotatable bonds is 4. The van der Waals surface area contributed by atoms with Gasteiger partial charge in [0.1, 0.15) is 12.9 Å². The predicted molar refractivity (Wildman–Crippen MR) is 88.6 cm³/mol. The van der Waals surface area contributed by atoms with E-state index in [0.29, 0.717) is 12.0 Å². The molecular formula is C20H20O3. The van der Waals surface area contributed by atoms with Crippen LogP contribution in [0.3, 0.4) is 0 Å². The fourth-order valence-corrected chi connectivity index (χ4v) is 3.30. The Morgan fingerprint density at radius 1 is 1.22 bits per heavy atom. The van der Waals surface area contributed by atoms with Crippen molar-refractivity contribution in [3.05, 3.63) is 70.8 Å². The number of benzene rings is 2. The summed E-state index contributed by atoms with van der Waals surface area (Å²) in [7, 11) is 0. The Morgan fingerprint density at radius 2 is 2.00 bits per heavy atom. The van der Waals surface area contributed by atoms with Crippen molar-refractivity contribution in [2.24, 2.45) is 0 Å². The molecule has 0 aliphatic heterocycles. The van der Waals surface area contributed by atoms with Gasteiger partial charge in [-0.25, -0.2) is 4.79 Å². The summed E-state index contributed by atoms with van der Waals surface area (Å²) in [6.07, 6.45) is 3.57. The molecule has 0 aromatic heterocycles. The molecule has 0 saturated heterocycles. The van der Waals surface area contributed by atoms with Crippen LogP contribution in [0.15, 0.2) is 48.5 Å². The van der Waals surface area contributed by atoms with Gasteiger partial charge in [-0.15, -0.1) is 0 Å². The van der Waals surface area contributed by atoms with Gasteiger partial charge in [-0.1, -0.05) is 42.0 Å². The van der Waals surface area contributed by atoms with E-state index in [2.05, 4.69) is 6.07 Å². The first-order chi connectivity index (χ1) is 11.1. The lowest BCUT2D eigenvalue weighted by molar-refractivity contribution is -0.114. The van der Waals surface area contributed by atoms with Gasteiger partial charge in [-0.05, 0) is 49.4 Å². The zero-order valence-electron chi connectivity index (χ0n) is 13.2. The lowest BCUT2D eigenvalue weighted by atomic mass is 9.71. The standard InChI is InChI=1S/C20H20O3/c1-15-9-10-18-17(12-15)8-5-11-20(18,13-21)14-23-19(22)16-6-3-2-4-7-16/h2-4,6-7,9-10,12-13H,5,8,11,14H2,1H3. The lowest BCUT2D eigenvalue weighted by Gasteiger charge is -2.34. The molecule has 3 rings (SSSR count). The van der Waals surface area contributed by atoms with E-state index in [1.807, 2.05) is 25.1 Å². The SMILES string of the molecule is Cc1ccc2c(c1)CCCC2(C=O)COC(=O)c1ccccc1. The van der Waals surface area contributed by atoms with E-state index in [-0.39, 0.29) is 12.6 Å². The third-order valence-corrected chi connectivity index (χ3v) is 4.56. The predicted octanol–water partition coefficient (Wildman–Crippen LogP) is 3.63. The maximum atomic E-state index is 12.2. The van der Waals surface area contributed by atoms with Crippen molar-refractivity contribution in [2.75, 3.05) is 6.61 Å². The van der Waals surface area contributed by atoms with Gasteiger partial charge in [0.25, 0.3) is 0 Å². The van der Waals surface area contributed by atoms with Gasteiger partial charge in [0.05, 0.1) is 11.0 Å². The third kappa shape index (κ3) is 3.04. The Bertz CT molecular complexity index is 721. The van der Waals surface area contributed by atoms with Crippen LogP contribution in [-0.2, 0) is 21.4 Å². The Morgan fingerprint density at radius 3 is 2.74 bits per heavy atom. The Balaban J connectivity index is 1.83. The number of carbonyl (C=O) groups excluding carboxylic acids is 2. The van der Waals surface area contributed by atoms with Crippen LogP contribution in [0.4, 0.5) is 0 Å². The van der Waals surface area contributed by atoms with Crippen LogP contribution < -0.4 is 0 Å². The molecule has 0 fully saturated rings. The normalized spacial score (nSPS) is 19.7. The highest BCUT2D eigenvalue weighted by Crippen LogP contribution is 2.37. The minimum atomic E-state index is -0.717. The average molecular weight is 308 g/mol. The molecule has 0 spiro atoms. The lowest BCUT2D eigenvalue weighted by Crippen LogP contribution is -2.38. The Kier molecular flexibility index (Phi) is 4.28. The first-order valence-corrected chi connectivity index (χ1v) is 7.93. The number of aryl methyl sites for hydroxylation is 2. The zero-order chi connectivity index (χ0) is 16.3. The summed E-state index contributed by atoms with van der Waals surface area (Å²) in [5.41, 5.74) is 3.18. The highest BCUT2D eigenvalue weighted by atomic mass is 16.5. The highest BCUT2D eigenvalue weighted by Gasteiger charge is 2.38. The Labute approximate surface area is 136 Å². The van der Waals surface area contributed by atoms with Crippen LogP contribution in [0, 0.1) is 6.92 Å². The summed E-state index contributed by atoms with van der Waals surface area (Å²) < 4.78 is 5.48. The minimum Gasteiger partial charge on any atom is -0.461 e. The molecule has 118 valence electrons. The maximum absolute atomic E-state index is 12.2. The second-order valence-corrected chi connectivity index (χ2v) is 6.23. The van der Waals surface area contributed by atoms with E-state index in [4.69, 9.17) is 4.74 Å². The van der Waals surface area contributed by atoms with Crippen LogP contribution in [0.5, 0.6) is 0 Å². The van der Waals surface area contributed by atoms with E-state index in [1.54, 1.807) is 24.3 Å². The molecule has 0 radical (unpaired) electrons. The number of ether oxygens (including phenoxy) is 1. The zero-order valence-corrected chi connectivity index (χ0v) is 13.2. The second-order valence-electron chi connectivity index (χ2n) is 6.23. The fourth-order valence-electron chi connectivity index (χ4n) is 3.30. The number of aldehydes is 1. The molecule has 1 atom stereocenters. The quantitative estimate of drug-likeness (QED) is 0.640. The van der Waals surface area contributed by atoms with E-state index in [1.165, 1.54) is 11.1 Å². The molecule has 0 bridgehead atoms. The van der Waals surface area contributed by atoms with Gasteiger partial charge in [-0.3, -0.25) is 0 Å². The molecular weight excluding hydrogens is 288 g/mol. The van der Waals surface area contributed by atoms with Gasteiger partial charge >= 0.3 is 5.97 Å². The first-order valence-electron chi connectivity index (χ1n) is 7.93. The van der Waals surface area contributed by atoms with Crippen molar-refractivity contribution in [1.29, 1.82) is 0 Å². The van der Waals surface area contributed by atoms with Gasteiger partial charge < -0.3 is 9.53 Å². The second kappa shape index (κ2) is 6.37. The minimum absolute atomic E-state index is 0.0975. The van der Waals surface area contributed by atoms with Crippen molar-refractivity contribution in [1.82, 2.24) is 0 Å². The monoisotopic (exact) mass is 308 g/mol. The highest BCUT2D eigenvalue weighted by molar-refractivity contribution is 5.89. The number of carbonyl (C=O) groups is 2. The van der Waals surface area contributed by atoms with Crippen molar-refractivity contribution in [2.45, 2.75) is 31.6 Å². The number of esters is 1. The molecule has 1 aliphatic carbocycles. The molecule has 0 heterocycles. The maximum Gasteiger partial charge on any atom is 0.338 e. The summed E-state index contributed by atoms with van der Waals surface area (Å²) in [5.74, 6) is -0.383. The smallest absolute Gasteiger partial charge is 0.338 e. The van der Waals surface area contributed by atoms with Gasteiger partial charge in [0, 0.05) is 0 Å². The van der Waals surface area contributed by atoms with E-state index >= 15 is 0 Å². The number of fused-ring (bicyclic) bond motifs is 1. The molecule has 3 heteroatoms. The molecule has 0 saturated carbocycles. The van der Waals surface area contributed by atoms with Crippen LogP contribution in [0.2, 0.25) is 0 Å². The summed E-state index contributed by atoms with van der Waals surface area (Å²) in [6.45, 7) is 2.15. The van der Waals surface area contributed by atoms with E-state index < -0.39 is 5.41 Å². The van der Waals surface area contributed by atoms with Crippen LogP contribution >= 0.6 is 0 Å². The molecule has 1 unspecified atom stereocenters. The Hall–Kier alpha value is -2.42. The molecule has 23 heavy (non-hydrogen) atoms. The summed E-state index contributed by atoms with van der Waals surface area (Å²) in [6, 6.07) is 15.0. The van der Waals surface area contributed by atoms with Gasteiger partial charge in [-0.2, -0.15) is 0 Å². The summed E-state index contributed by atoms with van der Waals surface area (Å²) in [5, 5.41) is 0. The van der Waals surface area contributed by atoms with Crippen molar-refractivity contribution in [3.8, 4) is 0 Å². The molecule has 3 nitrogen and oxygen atoms in total. The molecule has 1 aliphatic rings. The first kappa shape index (κ1) is 15.5. The third-order valence-electron chi connectivity index (χ3n) is 4.56. The largest absolute Gasteiger partial charge is 0.461 e. The van der Waals surface area contributed by atoms with Crippen LogP contribution in [-0.4, -0.2) is 18.9 Å². The van der Waals surface area contributed by atoms with E-state index in [0.717, 1.165) is 24.7 Å². The van der Waals surface area contributed by atoms with Crippen molar-refractivity contribution in [3.63, 3.8) is 0 Å². The number of hydrogen-bond acceptors (Lipinski definition) is 3. The van der Waals surface area contributed by atoms with Gasteiger partial charge in [0.15, 0.2) is 0 Å². The molecule has 2 aromatic carbocycles. The van der Waals surface area contributed by atoms with Crippen LogP contribution in [0.1, 0.15) is 39.9 Å². The molecule has 0 amide bonds. The molecule has 0 N–H and O–H groups in total. The number of hydrogen-bond donors (Lipinski definition) is 0. The summed E-state index contributed by atoms with van der Waals surface area (Å²) in [4.78, 5) is 24.1.